The van der Waals surface area contributed by atoms with Gasteiger partial charge in [-0.25, -0.2) is 0 Å². The van der Waals surface area contributed by atoms with Crippen LogP contribution in [0.2, 0.25) is 0 Å². The highest BCUT2D eigenvalue weighted by atomic mass is 127. The molecule has 24 heavy (non-hydrogen) atoms. The number of halogens is 1. The van der Waals surface area contributed by atoms with Gasteiger partial charge < -0.3 is 15.1 Å². The van der Waals surface area contributed by atoms with Gasteiger partial charge in [-0.15, -0.1) is 24.0 Å². The molecule has 2 rings (SSSR count). The predicted molar refractivity (Wildman–Crippen MR) is 111 cm³/mol. The maximum absolute atomic E-state index is 5.90. The van der Waals surface area contributed by atoms with Gasteiger partial charge >= 0.3 is 0 Å². The zero-order valence-electron chi connectivity index (χ0n) is 15.5. The Hall–Kier alpha value is -0.760. The number of furan rings is 1. The molecule has 1 fully saturated rings. The van der Waals surface area contributed by atoms with Crippen LogP contribution in [-0.2, 0) is 0 Å². The maximum Gasteiger partial charge on any atom is 0.191 e. The number of nitrogens with zero attached hydrogens (tertiary/aromatic N) is 2. The fourth-order valence-corrected chi connectivity index (χ4v) is 2.90. The fourth-order valence-electron chi connectivity index (χ4n) is 2.90. The number of guanidine groups is 1. The van der Waals surface area contributed by atoms with Crippen molar-refractivity contribution in [3.05, 3.63) is 23.7 Å². The lowest BCUT2D eigenvalue weighted by molar-refractivity contribution is 0.219. The van der Waals surface area contributed by atoms with Crippen molar-refractivity contribution in [2.75, 3.05) is 26.2 Å². The molecule has 0 aromatic carbocycles. The zero-order valence-corrected chi connectivity index (χ0v) is 17.8. The summed E-state index contributed by atoms with van der Waals surface area (Å²) in [5.41, 5.74) is 0. The summed E-state index contributed by atoms with van der Waals surface area (Å²) in [5, 5.41) is 6.80. The Kier molecular flexibility index (Phi) is 9.73. The second-order valence-electron chi connectivity index (χ2n) is 6.38. The molecule has 2 N–H and O–H groups in total. The monoisotopic (exact) mass is 448 g/mol. The highest BCUT2D eigenvalue weighted by Gasteiger charge is 2.25. The molecule has 0 amide bonds. The van der Waals surface area contributed by atoms with Crippen molar-refractivity contribution in [3.8, 4) is 0 Å². The molecule has 1 saturated heterocycles. The van der Waals surface area contributed by atoms with Gasteiger partial charge in [0.15, 0.2) is 5.96 Å². The number of likely N-dealkylation sites (tertiary alicyclic amines) is 1. The third kappa shape index (κ3) is 6.27. The molecule has 1 aromatic rings. The minimum Gasteiger partial charge on any atom is -0.465 e. The Labute approximate surface area is 163 Å². The Bertz CT molecular complexity index is 497. The van der Waals surface area contributed by atoms with Crippen LogP contribution in [0.5, 0.6) is 0 Å². The smallest absolute Gasteiger partial charge is 0.191 e. The SMILES string of the molecule is CCNC(=NCC(c1ccc(C)o1)N1CCCC1)NC(C)CC.I. The summed E-state index contributed by atoms with van der Waals surface area (Å²) < 4.78 is 5.90. The first-order chi connectivity index (χ1) is 11.1. The van der Waals surface area contributed by atoms with Crippen molar-refractivity contribution in [1.29, 1.82) is 0 Å². The maximum atomic E-state index is 5.90. The van der Waals surface area contributed by atoms with Crippen LogP contribution in [0.4, 0.5) is 0 Å². The normalized spacial score (nSPS) is 18.1. The van der Waals surface area contributed by atoms with Crippen LogP contribution < -0.4 is 10.6 Å². The highest BCUT2D eigenvalue weighted by Crippen LogP contribution is 2.26. The molecule has 5 nitrogen and oxygen atoms in total. The van der Waals surface area contributed by atoms with Crippen molar-refractivity contribution in [2.45, 2.75) is 59.0 Å². The van der Waals surface area contributed by atoms with Crippen molar-refractivity contribution in [2.24, 2.45) is 4.99 Å². The predicted octanol–water partition coefficient (Wildman–Crippen LogP) is 3.70. The Morgan fingerprint density at radius 1 is 1.29 bits per heavy atom. The second kappa shape index (κ2) is 11.0. The highest BCUT2D eigenvalue weighted by molar-refractivity contribution is 14.0. The Morgan fingerprint density at radius 3 is 2.54 bits per heavy atom. The summed E-state index contributed by atoms with van der Waals surface area (Å²) in [6.07, 6.45) is 3.62. The molecule has 0 saturated carbocycles. The molecule has 1 aliphatic rings. The lowest BCUT2D eigenvalue weighted by atomic mass is 10.2. The van der Waals surface area contributed by atoms with E-state index in [1.165, 1.54) is 12.8 Å². The van der Waals surface area contributed by atoms with E-state index in [9.17, 15) is 0 Å². The quantitative estimate of drug-likeness (QED) is 0.380. The first-order valence-corrected chi connectivity index (χ1v) is 8.99. The summed E-state index contributed by atoms with van der Waals surface area (Å²) in [5.74, 6) is 2.90. The number of hydrogen-bond acceptors (Lipinski definition) is 3. The number of aliphatic imine (C=N–C) groups is 1. The van der Waals surface area contributed by atoms with E-state index in [1.807, 2.05) is 13.0 Å². The molecule has 2 unspecified atom stereocenters. The molecule has 2 heterocycles. The van der Waals surface area contributed by atoms with Gasteiger partial charge in [-0.1, -0.05) is 6.92 Å². The molecule has 138 valence electrons. The van der Waals surface area contributed by atoms with Crippen LogP contribution in [0.25, 0.3) is 0 Å². The third-order valence-corrected chi connectivity index (χ3v) is 4.43. The molecule has 0 bridgehead atoms. The van der Waals surface area contributed by atoms with E-state index >= 15 is 0 Å². The minimum absolute atomic E-state index is 0. The first kappa shape index (κ1) is 21.3. The Morgan fingerprint density at radius 2 is 2.00 bits per heavy atom. The average molecular weight is 448 g/mol. The summed E-state index contributed by atoms with van der Waals surface area (Å²) in [7, 11) is 0. The molecule has 2 atom stereocenters. The van der Waals surface area contributed by atoms with Crippen LogP contribution >= 0.6 is 24.0 Å². The molecular weight excluding hydrogens is 415 g/mol. The van der Waals surface area contributed by atoms with E-state index in [0.29, 0.717) is 6.04 Å². The average Bonchev–Trinajstić information content (AvgIpc) is 3.20. The molecule has 1 aromatic heterocycles. The fraction of sp³-hybridized carbons (Fsp3) is 0.722. The van der Waals surface area contributed by atoms with Gasteiger partial charge in [-0.05, 0) is 65.3 Å². The molecule has 0 spiro atoms. The minimum atomic E-state index is 0. The van der Waals surface area contributed by atoms with Gasteiger partial charge in [0.2, 0.25) is 0 Å². The molecule has 6 heteroatoms. The molecule has 0 aliphatic carbocycles. The molecular formula is C18H33IN4O. The lowest BCUT2D eigenvalue weighted by Crippen LogP contribution is -2.42. The lowest BCUT2D eigenvalue weighted by Gasteiger charge is -2.25. The van der Waals surface area contributed by atoms with E-state index in [4.69, 9.17) is 9.41 Å². The van der Waals surface area contributed by atoms with E-state index in [1.54, 1.807) is 0 Å². The van der Waals surface area contributed by atoms with Gasteiger partial charge in [-0.3, -0.25) is 9.89 Å². The van der Waals surface area contributed by atoms with Crippen LogP contribution in [-0.4, -0.2) is 43.1 Å². The van der Waals surface area contributed by atoms with E-state index < -0.39 is 0 Å². The summed E-state index contributed by atoms with van der Waals surface area (Å²) in [4.78, 5) is 7.32. The molecule has 1 aliphatic heterocycles. The van der Waals surface area contributed by atoms with E-state index in [0.717, 1.165) is 50.1 Å². The first-order valence-electron chi connectivity index (χ1n) is 8.99. The number of rotatable bonds is 7. The summed E-state index contributed by atoms with van der Waals surface area (Å²) in [6.45, 7) is 12.3. The standard InChI is InChI=1S/C18H32N4O.HI/c1-5-14(3)21-18(19-6-2)20-13-16(22-11-7-8-12-22)17-10-9-15(4)23-17;/h9-10,14,16H,5-8,11-13H2,1-4H3,(H2,19,20,21);1H. The van der Waals surface area contributed by atoms with E-state index in [2.05, 4.69) is 42.4 Å². The van der Waals surface area contributed by atoms with Crippen molar-refractivity contribution < 1.29 is 4.42 Å². The Balaban J connectivity index is 0.00000288. The third-order valence-electron chi connectivity index (χ3n) is 4.43. The second-order valence-corrected chi connectivity index (χ2v) is 6.38. The zero-order chi connectivity index (χ0) is 16.7. The van der Waals surface area contributed by atoms with Crippen molar-refractivity contribution >= 4 is 29.9 Å². The van der Waals surface area contributed by atoms with Gasteiger partial charge in [0.25, 0.3) is 0 Å². The topological polar surface area (TPSA) is 52.8 Å². The van der Waals surface area contributed by atoms with Crippen LogP contribution in [0.3, 0.4) is 0 Å². The number of aryl methyl sites for hydroxylation is 1. The van der Waals surface area contributed by atoms with Gasteiger partial charge in [0, 0.05) is 12.6 Å². The summed E-state index contributed by atoms with van der Waals surface area (Å²) >= 11 is 0. The van der Waals surface area contributed by atoms with E-state index in [-0.39, 0.29) is 30.0 Å². The van der Waals surface area contributed by atoms with Crippen LogP contribution in [0.15, 0.2) is 21.5 Å². The van der Waals surface area contributed by atoms with Gasteiger partial charge in [0.05, 0.1) is 12.6 Å². The van der Waals surface area contributed by atoms with Crippen LogP contribution in [0.1, 0.15) is 57.6 Å². The van der Waals surface area contributed by atoms with Gasteiger partial charge in [0.1, 0.15) is 11.5 Å². The number of nitrogens with one attached hydrogen (secondary N) is 2. The molecule has 0 radical (unpaired) electrons. The largest absolute Gasteiger partial charge is 0.465 e. The van der Waals surface area contributed by atoms with Crippen LogP contribution in [0, 0.1) is 6.92 Å². The summed E-state index contributed by atoms with van der Waals surface area (Å²) in [6, 6.07) is 4.80. The van der Waals surface area contributed by atoms with Gasteiger partial charge in [-0.2, -0.15) is 0 Å². The van der Waals surface area contributed by atoms with Crippen molar-refractivity contribution in [3.63, 3.8) is 0 Å². The van der Waals surface area contributed by atoms with Crippen molar-refractivity contribution in [1.82, 2.24) is 15.5 Å². The number of hydrogen-bond donors (Lipinski definition) is 2.